The van der Waals surface area contributed by atoms with Crippen LogP contribution in [-0.4, -0.2) is 24.4 Å². The topological polar surface area (TPSA) is 61.4 Å². The van der Waals surface area contributed by atoms with E-state index in [1.807, 2.05) is 5.32 Å². The summed E-state index contributed by atoms with van der Waals surface area (Å²) >= 11 is 5.81. The maximum Gasteiger partial charge on any atom is 0.427 e. The Balaban J connectivity index is 0.000000924. The number of carbonyl (C=O) groups excluding carboxylic acids is 1. The van der Waals surface area contributed by atoms with Gasteiger partial charge in [0.25, 0.3) is 0 Å². The van der Waals surface area contributed by atoms with Gasteiger partial charge in [0.2, 0.25) is 5.54 Å². The summed E-state index contributed by atoms with van der Waals surface area (Å²) in [4.78, 5) is 11.6. The number of benzene rings is 1. The van der Waals surface area contributed by atoms with Crippen LogP contribution in [0.4, 0.5) is 23.7 Å². The van der Waals surface area contributed by atoms with Crippen molar-refractivity contribution in [3.8, 4) is 11.8 Å². The smallest absolute Gasteiger partial charge is 0.400 e. The maximum absolute atomic E-state index is 13.7. The first-order valence-corrected chi connectivity index (χ1v) is 7.13. The number of hydrogen-bond acceptors (Lipinski definition) is 2. The Morgan fingerprint density at radius 2 is 2.00 bits per heavy atom. The largest absolute Gasteiger partial charge is 0.427 e. The van der Waals surface area contributed by atoms with Gasteiger partial charge in [0.15, 0.2) is 0 Å². The van der Waals surface area contributed by atoms with Gasteiger partial charge in [-0.15, -0.1) is 0 Å². The Morgan fingerprint density at radius 1 is 1.35 bits per heavy atom. The van der Waals surface area contributed by atoms with Crippen molar-refractivity contribution in [2.45, 2.75) is 24.6 Å². The highest BCUT2D eigenvalue weighted by molar-refractivity contribution is 6.30. The second kappa shape index (κ2) is 6.30. The van der Waals surface area contributed by atoms with E-state index in [0.717, 1.165) is 20.0 Å². The van der Waals surface area contributed by atoms with Crippen LogP contribution in [-0.2, 0) is 5.54 Å². The van der Waals surface area contributed by atoms with Gasteiger partial charge in [0.05, 0.1) is 0 Å². The second-order valence-corrected chi connectivity index (χ2v) is 5.50. The molecule has 0 spiro atoms. The molecule has 3 N–H and O–H groups in total. The minimum atomic E-state index is -4.76. The number of aliphatic hydroxyl groups is 1. The minimum absolute atomic E-state index is 0.0290. The Morgan fingerprint density at radius 3 is 2.57 bits per heavy atom. The lowest BCUT2D eigenvalue weighted by Crippen LogP contribution is -2.59. The second-order valence-electron chi connectivity index (χ2n) is 5.06. The molecule has 1 atom stereocenters. The van der Waals surface area contributed by atoms with Gasteiger partial charge in [-0.1, -0.05) is 23.4 Å². The number of rotatable bonds is 0. The number of amides is 2. The quantitative estimate of drug-likeness (QED) is 0.631. The van der Waals surface area contributed by atoms with Crippen molar-refractivity contribution in [1.29, 1.82) is 0 Å². The molecule has 0 unspecified atom stereocenters. The summed E-state index contributed by atoms with van der Waals surface area (Å²) in [5.74, 6) is 4.82. The molecule has 0 bridgehead atoms. The van der Waals surface area contributed by atoms with E-state index >= 15 is 0 Å². The molecule has 2 aliphatic rings. The van der Waals surface area contributed by atoms with Crippen LogP contribution in [0.25, 0.3) is 0 Å². The molecule has 1 heterocycles. The third-order valence-corrected chi connectivity index (χ3v) is 3.64. The number of halogens is 4. The third-order valence-electron chi connectivity index (χ3n) is 3.40. The number of anilines is 1. The molecular formula is C15H14ClF3N2O2. The molecule has 8 heteroatoms. The van der Waals surface area contributed by atoms with E-state index in [1.165, 1.54) is 18.2 Å². The number of urea groups is 1. The molecule has 1 saturated carbocycles. The molecule has 1 fully saturated rings. The molecular weight excluding hydrogens is 333 g/mol. The summed E-state index contributed by atoms with van der Waals surface area (Å²) in [5.41, 5.74) is -2.85. The van der Waals surface area contributed by atoms with Crippen LogP contribution >= 0.6 is 11.6 Å². The van der Waals surface area contributed by atoms with E-state index in [2.05, 4.69) is 17.2 Å². The molecule has 1 aliphatic heterocycles. The average Bonchev–Trinajstić information content (AvgIpc) is 3.30. The van der Waals surface area contributed by atoms with E-state index in [4.69, 9.17) is 16.7 Å². The third kappa shape index (κ3) is 3.38. The van der Waals surface area contributed by atoms with Crippen molar-refractivity contribution in [3.05, 3.63) is 28.8 Å². The van der Waals surface area contributed by atoms with Crippen LogP contribution in [0.3, 0.4) is 0 Å². The number of alkyl halides is 3. The molecule has 0 radical (unpaired) electrons. The van der Waals surface area contributed by atoms with Gasteiger partial charge in [0.1, 0.15) is 0 Å². The van der Waals surface area contributed by atoms with Gasteiger partial charge < -0.3 is 15.7 Å². The van der Waals surface area contributed by atoms with E-state index in [9.17, 15) is 18.0 Å². The number of nitrogens with one attached hydrogen (secondary N) is 2. The van der Waals surface area contributed by atoms with Crippen LogP contribution in [0.5, 0.6) is 0 Å². The first kappa shape index (κ1) is 17.4. The molecule has 23 heavy (non-hydrogen) atoms. The van der Waals surface area contributed by atoms with Crippen LogP contribution < -0.4 is 10.6 Å². The van der Waals surface area contributed by atoms with E-state index in [0.29, 0.717) is 0 Å². The lowest BCUT2D eigenvalue weighted by molar-refractivity contribution is -0.178. The van der Waals surface area contributed by atoms with Crippen molar-refractivity contribution >= 4 is 23.3 Å². The zero-order valence-electron chi connectivity index (χ0n) is 12.1. The van der Waals surface area contributed by atoms with Gasteiger partial charge >= 0.3 is 12.2 Å². The fourth-order valence-electron chi connectivity index (χ4n) is 2.16. The molecule has 1 aromatic rings. The summed E-state index contributed by atoms with van der Waals surface area (Å²) in [5, 5.41) is 11.4. The zero-order valence-corrected chi connectivity index (χ0v) is 12.8. The molecule has 0 saturated heterocycles. The summed E-state index contributed by atoms with van der Waals surface area (Å²) in [6.45, 7) is 0. The predicted molar refractivity (Wildman–Crippen MR) is 80.0 cm³/mol. The van der Waals surface area contributed by atoms with Crippen LogP contribution in [0.15, 0.2) is 18.2 Å². The Hall–Kier alpha value is -1.91. The number of carbonyl (C=O) groups is 1. The van der Waals surface area contributed by atoms with Crippen molar-refractivity contribution in [2.75, 3.05) is 12.4 Å². The standard InChI is InChI=1S/C14H10ClF3N2O.CH4O/c15-9-3-4-11-10(7-9)13(14(16,17)18,20-12(21)19-11)6-5-8-1-2-8;1-2/h3-4,7-8H,1-2H2,(H2,19,20,21);2H,1H3/t13-;/m0./s1. The average molecular weight is 347 g/mol. The highest BCUT2D eigenvalue weighted by Crippen LogP contribution is 2.45. The highest BCUT2D eigenvalue weighted by Gasteiger charge is 2.59. The normalized spacial score (nSPS) is 22.4. The summed E-state index contributed by atoms with van der Waals surface area (Å²) < 4.78 is 41.0. The molecule has 2 amide bonds. The van der Waals surface area contributed by atoms with E-state index in [1.54, 1.807) is 0 Å². The highest BCUT2D eigenvalue weighted by atomic mass is 35.5. The van der Waals surface area contributed by atoms with Crippen LogP contribution in [0.2, 0.25) is 5.02 Å². The van der Waals surface area contributed by atoms with Crippen molar-refractivity contribution in [3.63, 3.8) is 0 Å². The Bertz CT molecular complexity index is 678. The van der Waals surface area contributed by atoms with Gasteiger partial charge in [-0.3, -0.25) is 0 Å². The molecule has 0 aromatic heterocycles. The SMILES string of the molecule is CO.O=C1Nc2ccc(Cl)cc2[C@@](C#CC2CC2)(C(F)(F)F)N1. The fourth-order valence-corrected chi connectivity index (χ4v) is 2.33. The molecule has 1 aromatic carbocycles. The molecule has 3 rings (SSSR count). The van der Waals surface area contributed by atoms with Crippen LogP contribution in [0, 0.1) is 17.8 Å². The first-order valence-electron chi connectivity index (χ1n) is 6.75. The summed E-state index contributed by atoms with van der Waals surface area (Å²) in [6, 6.07) is 3.00. The number of aliphatic hydroxyl groups excluding tert-OH is 1. The first-order chi connectivity index (χ1) is 10.8. The Labute approximate surface area is 136 Å². The minimum Gasteiger partial charge on any atom is -0.400 e. The van der Waals surface area contributed by atoms with Crippen molar-refractivity contribution < 1.29 is 23.1 Å². The van der Waals surface area contributed by atoms with Gasteiger partial charge in [-0.25, -0.2) is 4.79 Å². The summed E-state index contributed by atoms with van der Waals surface area (Å²) in [7, 11) is 1.00. The van der Waals surface area contributed by atoms with Gasteiger partial charge in [-0.05, 0) is 31.0 Å². The Kier molecular flexibility index (Phi) is 4.78. The molecule has 1 aliphatic carbocycles. The zero-order chi connectivity index (χ0) is 17.3. The van der Waals surface area contributed by atoms with Crippen LogP contribution in [0.1, 0.15) is 18.4 Å². The fraction of sp³-hybridized carbons (Fsp3) is 0.400. The van der Waals surface area contributed by atoms with E-state index < -0.39 is 17.7 Å². The number of hydrogen-bond donors (Lipinski definition) is 3. The van der Waals surface area contributed by atoms with Crippen molar-refractivity contribution in [1.82, 2.24) is 5.32 Å². The summed E-state index contributed by atoms with van der Waals surface area (Å²) in [6.07, 6.45) is -3.18. The van der Waals surface area contributed by atoms with Crippen molar-refractivity contribution in [2.24, 2.45) is 5.92 Å². The lowest BCUT2D eigenvalue weighted by Gasteiger charge is -2.37. The lowest BCUT2D eigenvalue weighted by atomic mass is 9.86. The maximum atomic E-state index is 13.7. The predicted octanol–water partition coefficient (Wildman–Crippen LogP) is 3.25. The van der Waals surface area contributed by atoms with Gasteiger partial charge in [-0.2, -0.15) is 13.2 Å². The van der Waals surface area contributed by atoms with Gasteiger partial charge in [0, 0.05) is 29.3 Å². The van der Waals surface area contributed by atoms with E-state index in [-0.39, 0.29) is 22.2 Å². The number of fused-ring (bicyclic) bond motifs is 1. The monoisotopic (exact) mass is 346 g/mol. The molecule has 4 nitrogen and oxygen atoms in total. The molecule has 124 valence electrons.